The van der Waals surface area contributed by atoms with Gasteiger partial charge >= 0.3 is 12.2 Å². The Hall–Kier alpha value is -3.42. The zero-order valence-electron chi connectivity index (χ0n) is 22.7. The molecule has 2 rings (SSSR count). The lowest BCUT2D eigenvalue weighted by Crippen LogP contribution is -2.34. The van der Waals surface area contributed by atoms with E-state index in [-0.39, 0.29) is 0 Å². The molecule has 0 saturated heterocycles. The number of amides is 2. The number of hydrogen-bond donors (Lipinski definition) is 2. The molecule has 2 aromatic rings. The van der Waals surface area contributed by atoms with E-state index in [0.717, 1.165) is 33.8 Å². The summed E-state index contributed by atoms with van der Waals surface area (Å²) in [6.45, 7) is 16.2. The van der Waals surface area contributed by atoms with Crippen LogP contribution >= 0.6 is 0 Å². The highest BCUT2D eigenvalue weighted by Gasteiger charge is 2.17. The Bertz CT molecular complexity index is 954. The lowest BCUT2D eigenvalue weighted by atomic mass is 9.95. The standard InChI is InChI=1S/C28H40N2O6/c1-19-21(11-9-13-23(19)33-17-15-29-25(31)35-27(3,4)5)22-12-10-14-24(20(22)2)34-18-16-30-26(32)36-28(6,7)8/h9-14H,15-18H2,1-8H3,(H,29,31)(H,30,32). The maximum absolute atomic E-state index is 11.8. The lowest BCUT2D eigenvalue weighted by molar-refractivity contribution is 0.0509. The summed E-state index contributed by atoms with van der Waals surface area (Å²) in [5, 5.41) is 5.39. The molecule has 2 N–H and O–H groups in total. The minimum absolute atomic E-state index is 0.316. The highest BCUT2D eigenvalue weighted by Crippen LogP contribution is 2.35. The lowest BCUT2D eigenvalue weighted by Gasteiger charge is -2.20. The van der Waals surface area contributed by atoms with Crippen LogP contribution in [0.2, 0.25) is 0 Å². The summed E-state index contributed by atoms with van der Waals surface area (Å²) in [6, 6.07) is 11.8. The van der Waals surface area contributed by atoms with Crippen LogP contribution in [0.3, 0.4) is 0 Å². The van der Waals surface area contributed by atoms with E-state index < -0.39 is 23.4 Å². The SMILES string of the molecule is Cc1c(OCCNC(=O)OC(C)(C)C)cccc1-c1cccc(OCCNC(=O)OC(C)(C)C)c1C. The molecule has 0 aliphatic carbocycles. The van der Waals surface area contributed by atoms with Gasteiger partial charge in [0, 0.05) is 0 Å². The van der Waals surface area contributed by atoms with Gasteiger partial charge in [0.25, 0.3) is 0 Å². The van der Waals surface area contributed by atoms with Crippen LogP contribution in [0.5, 0.6) is 11.5 Å². The Morgan fingerprint density at radius 1 is 0.667 bits per heavy atom. The largest absolute Gasteiger partial charge is 0.491 e. The number of rotatable bonds is 9. The van der Waals surface area contributed by atoms with Crippen LogP contribution in [0.4, 0.5) is 9.59 Å². The first-order valence-corrected chi connectivity index (χ1v) is 12.2. The Balaban J connectivity index is 1.98. The monoisotopic (exact) mass is 500 g/mol. The summed E-state index contributed by atoms with van der Waals surface area (Å²) in [7, 11) is 0. The molecule has 0 spiro atoms. The molecule has 8 nitrogen and oxygen atoms in total. The van der Waals surface area contributed by atoms with Gasteiger partial charge in [-0.2, -0.15) is 0 Å². The van der Waals surface area contributed by atoms with Gasteiger partial charge in [-0.3, -0.25) is 0 Å². The topological polar surface area (TPSA) is 95.1 Å². The van der Waals surface area contributed by atoms with Gasteiger partial charge in [-0.05, 0) is 89.8 Å². The molecule has 0 aromatic heterocycles. The third kappa shape index (κ3) is 9.68. The first kappa shape index (κ1) is 28.8. The number of carbonyl (C=O) groups excluding carboxylic acids is 2. The molecule has 0 unspecified atom stereocenters. The molecule has 2 aromatic carbocycles. The van der Waals surface area contributed by atoms with Crippen LogP contribution in [0.25, 0.3) is 11.1 Å². The first-order chi connectivity index (χ1) is 16.8. The van der Waals surface area contributed by atoms with Crippen molar-refractivity contribution < 1.29 is 28.5 Å². The van der Waals surface area contributed by atoms with Gasteiger partial charge in [0.2, 0.25) is 0 Å². The van der Waals surface area contributed by atoms with Crippen LogP contribution < -0.4 is 20.1 Å². The van der Waals surface area contributed by atoms with E-state index in [2.05, 4.69) is 10.6 Å². The quantitative estimate of drug-likeness (QED) is 0.424. The van der Waals surface area contributed by atoms with Crippen LogP contribution in [0, 0.1) is 13.8 Å². The van der Waals surface area contributed by atoms with E-state index in [9.17, 15) is 9.59 Å². The fraction of sp³-hybridized carbons (Fsp3) is 0.500. The number of ether oxygens (including phenoxy) is 4. The molecule has 8 heteroatoms. The van der Waals surface area contributed by atoms with E-state index >= 15 is 0 Å². The van der Waals surface area contributed by atoms with E-state index in [1.54, 1.807) is 0 Å². The number of alkyl carbamates (subject to hydrolysis) is 2. The predicted molar refractivity (Wildman–Crippen MR) is 141 cm³/mol. The van der Waals surface area contributed by atoms with E-state index in [4.69, 9.17) is 18.9 Å². The highest BCUT2D eigenvalue weighted by molar-refractivity contribution is 5.74. The van der Waals surface area contributed by atoms with Crippen molar-refractivity contribution in [2.45, 2.75) is 66.6 Å². The molecule has 0 bridgehead atoms. The van der Waals surface area contributed by atoms with Crippen LogP contribution in [0.1, 0.15) is 52.7 Å². The second kappa shape index (κ2) is 12.5. The average molecular weight is 501 g/mol. The fourth-order valence-electron chi connectivity index (χ4n) is 3.38. The number of carbonyl (C=O) groups is 2. The summed E-state index contributed by atoms with van der Waals surface area (Å²) in [5.74, 6) is 1.48. The molecule has 0 fully saturated rings. The summed E-state index contributed by atoms with van der Waals surface area (Å²) < 4.78 is 22.3. The van der Waals surface area contributed by atoms with Gasteiger partial charge in [0.15, 0.2) is 0 Å². The van der Waals surface area contributed by atoms with Gasteiger partial charge in [-0.25, -0.2) is 9.59 Å². The fourth-order valence-corrected chi connectivity index (χ4v) is 3.38. The average Bonchev–Trinajstić information content (AvgIpc) is 2.74. The van der Waals surface area contributed by atoms with Crippen LogP contribution in [-0.2, 0) is 9.47 Å². The summed E-state index contributed by atoms with van der Waals surface area (Å²) in [4.78, 5) is 23.6. The molecule has 0 radical (unpaired) electrons. The van der Waals surface area contributed by atoms with Crippen molar-refractivity contribution in [1.82, 2.24) is 10.6 Å². The van der Waals surface area contributed by atoms with Crippen molar-refractivity contribution >= 4 is 12.2 Å². The van der Waals surface area contributed by atoms with Gasteiger partial charge in [-0.15, -0.1) is 0 Å². The Morgan fingerprint density at radius 3 is 1.36 bits per heavy atom. The molecule has 198 valence electrons. The maximum Gasteiger partial charge on any atom is 0.407 e. The summed E-state index contributed by atoms with van der Waals surface area (Å²) >= 11 is 0. The van der Waals surface area contributed by atoms with E-state index in [1.165, 1.54) is 0 Å². The number of benzene rings is 2. The van der Waals surface area contributed by atoms with Gasteiger partial charge < -0.3 is 29.6 Å². The molecule has 2 amide bonds. The first-order valence-electron chi connectivity index (χ1n) is 12.2. The van der Waals surface area contributed by atoms with Crippen molar-refractivity contribution in [2.75, 3.05) is 26.3 Å². The van der Waals surface area contributed by atoms with Crippen molar-refractivity contribution in [3.8, 4) is 22.6 Å². The molecular weight excluding hydrogens is 460 g/mol. The van der Waals surface area contributed by atoms with Crippen molar-refractivity contribution in [3.05, 3.63) is 47.5 Å². The van der Waals surface area contributed by atoms with Gasteiger partial charge in [-0.1, -0.05) is 24.3 Å². The number of nitrogens with one attached hydrogen (secondary N) is 2. The van der Waals surface area contributed by atoms with Gasteiger partial charge in [0.1, 0.15) is 35.9 Å². The van der Waals surface area contributed by atoms with Gasteiger partial charge in [0.05, 0.1) is 13.1 Å². The molecule has 0 aliphatic rings. The van der Waals surface area contributed by atoms with Crippen LogP contribution in [-0.4, -0.2) is 49.7 Å². The van der Waals surface area contributed by atoms with Crippen molar-refractivity contribution in [1.29, 1.82) is 0 Å². The second-order valence-electron chi connectivity index (χ2n) is 10.4. The molecule has 0 atom stereocenters. The Labute approximate surface area is 214 Å². The Kier molecular flexibility index (Phi) is 10.0. The van der Waals surface area contributed by atoms with Crippen molar-refractivity contribution in [3.63, 3.8) is 0 Å². The third-order valence-electron chi connectivity index (χ3n) is 4.91. The smallest absolute Gasteiger partial charge is 0.407 e. The summed E-state index contributed by atoms with van der Waals surface area (Å²) in [6.07, 6.45) is -0.935. The summed E-state index contributed by atoms with van der Waals surface area (Å²) in [5.41, 5.74) is 2.95. The second-order valence-corrected chi connectivity index (χ2v) is 10.4. The zero-order valence-corrected chi connectivity index (χ0v) is 22.7. The Morgan fingerprint density at radius 2 is 1.03 bits per heavy atom. The normalized spacial score (nSPS) is 11.4. The molecule has 0 aliphatic heterocycles. The molecule has 0 saturated carbocycles. The molecular formula is C28H40N2O6. The van der Waals surface area contributed by atoms with Crippen molar-refractivity contribution in [2.24, 2.45) is 0 Å². The minimum atomic E-state index is -0.541. The molecule has 0 heterocycles. The molecule has 36 heavy (non-hydrogen) atoms. The van der Waals surface area contributed by atoms with E-state index in [0.29, 0.717) is 26.3 Å². The number of hydrogen-bond acceptors (Lipinski definition) is 6. The zero-order chi connectivity index (χ0) is 26.9. The van der Waals surface area contributed by atoms with Crippen LogP contribution in [0.15, 0.2) is 36.4 Å². The maximum atomic E-state index is 11.8. The predicted octanol–water partition coefficient (Wildman–Crippen LogP) is 5.78. The highest BCUT2D eigenvalue weighted by atomic mass is 16.6. The third-order valence-corrected chi connectivity index (χ3v) is 4.91. The minimum Gasteiger partial charge on any atom is -0.491 e. The van der Waals surface area contributed by atoms with E-state index in [1.807, 2.05) is 91.8 Å².